The lowest BCUT2D eigenvalue weighted by atomic mass is 9.98. The topological polar surface area (TPSA) is 79.3 Å². The van der Waals surface area contributed by atoms with Crippen molar-refractivity contribution in [3.8, 4) is 11.8 Å². The molecule has 90 valence electrons. The summed E-state index contributed by atoms with van der Waals surface area (Å²) in [7, 11) is 0. The van der Waals surface area contributed by atoms with Gasteiger partial charge in [-0.15, -0.1) is 0 Å². The van der Waals surface area contributed by atoms with Gasteiger partial charge in [-0.05, 0) is 24.8 Å². The standard InChI is InChI=1S/C13H16N2O2/c14-8-13(15,11-5-6-11)9-17-12-4-2-1-3-10(12)7-16/h1-4,11,16H,5-7,9,15H2. The van der Waals surface area contributed by atoms with E-state index in [4.69, 9.17) is 20.8 Å². The van der Waals surface area contributed by atoms with Gasteiger partial charge in [0.05, 0.1) is 12.7 Å². The largest absolute Gasteiger partial charge is 0.490 e. The van der Waals surface area contributed by atoms with E-state index in [1.807, 2.05) is 12.1 Å². The van der Waals surface area contributed by atoms with E-state index in [0.29, 0.717) is 11.3 Å². The predicted octanol–water partition coefficient (Wildman–Crippen LogP) is 1.19. The lowest BCUT2D eigenvalue weighted by Gasteiger charge is -2.22. The molecule has 17 heavy (non-hydrogen) atoms. The number of hydrogen-bond acceptors (Lipinski definition) is 4. The maximum Gasteiger partial charge on any atom is 0.141 e. The van der Waals surface area contributed by atoms with Crippen LogP contribution in [0.3, 0.4) is 0 Å². The molecule has 0 aromatic heterocycles. The molecule has 1 saturated carbocycles. The van der Waals surface area contributed by atoms with Crippen molar-refractivity contribution < 1.29 is 9.84 Å². The Hall–Kier alpha value is -1.57. The van der Waals surface area contributed by atoms with E-state index in [-0.39, 0.29) is 19.1 Å². The normalized spacial score (nSPS) is 18.2. The molecule has 0 radical (unpaired) electrons. The van der Waals surface area contributed by atoms with E-state index in [2.05, 4.69) is 6.07 Å². The Bertz CT molecular complexity index is 437. The molecule has 1 atom stereocenters. The zero-order valence-corrected chi connectivity index (χ0v) is 9.60. The molecule has 1 aromatic rings. The van der Waals surface area contributed by atoms with Crippen molar-refractivity contribution in [2.75, 3.05) is 6.61 Å². The Morgan fingerprint density at radius 2 is 2.18 bits per heavy atom. The number of benzene rings is 1. The molecule has 1 fully saturated rings. The third kappa shape index (κ3) is 2.57. The summed E-state index contributed by atoms with van der Waals surface area (Å²) in [5.74, 6) is 0.842. The molecule has 0 aliphatic heterocycles. The molecule has 3 N–H and O–H groups in total. The summed E-state index contributed by atoms with van der Waals surface area (Å²) >= 11 is 0. The summed E-state index contributed by atoms with van der Waals surface area (Å²) in [5.41, 5.74) is 5.80. The van der Waals surface area contributed by atoms with E-state index in [0.717, 1.165) is 12.8 Å². The minimum Gasteiger partial charge on any atom is -0.490 e. The van der Waals surface area contributed by atoms with Gasteiger partial charge in [0.25, 0.3) is 0 Å². The molecule has 0 bridgehead atoms. The summed E-state index contributed by atoms with van der Waals surface area (Å²) in [5, 5.41) is 18.2. The van der Waals surface area contributed by atoms with Gasteiger partial charge in [-0.3, -0.25) is 0 Å². The molecular weight excluding hydrogens is 216 g/mol. The van der Waals surface area contributed by atoms with Gasteiger partial charge >= 0.3 is 0 Å². The first kappa shape index (κ1) is 11.9. The second-order valence-electron chi connectivity index (χ2n) is 4.48. The summed E-state index contributed by atoms with van der Waals surface area (Å²) in [4.78, 5) is 0. The monoisotopic (exact) mass is 232 g/mol. The molecule has 1 unspecified atom stereocenters. The van der Waals surface area contributed by atoms with Crippen LogP contribution in [-0.4, -0.2) is 17.3 Å². The van der Waals surface area contributed by atoms with Crippen molar-refractivity contribution in [1.82, 2.24) is 0 Å². The highest BCUT2D eigenvalue weighted by atomic mass is 16.5. The maximum atomic E-state index is 9.15. The van der Waals surface area contributed by atoms with Gasteiger partial charge in [0.2, 0.25) is 0 Å². The zero-order chi connectivity index (χ0) is 12.3. The average molecular weight is 232 g/mol. The third-order valence-corrected chi connectivity index (χ3v) is 3.12. The first-order valence-electron chi connectivity index (χ1n) is 5.71. The number of nitrogens with zero attached hydrogens (tertiary/aromatic N) is 1. The van der Waals surface area contributed by atoms with E-state index in [1.54, 1.807) is 12.1 Å². The number of nitrogens with two attached hydrogens (primary N) is 1. The van der Waals surface area contributed by atoms with E-state index >= 15 is 0 Å². The van der Waals surface area contributed by atoms with Crippen LogP contribution in [0.5, 0.6) is 5.75 Å². The summed E-state index contributed by atoms with van der Waals surface area (Å²) in [6, 6.07) is 9.36. The van der Waals surface area contributed by atoms with Gasteiger partial charge in [0, 0.05) is 5.56 Å². The third-order valence-electron chi connectivity index (χ3n) is 3.12. The van der Waals surface area contributed by atoms with Crippen LogP contribution in [0, 0.1) is 17.2 Å². The van der Waals surface area contributed by atoms with Crippen LogP contribution in [0.25, 0.3) is 0 Å². The fraction of sp³-hybridized carbons (Fsp3) is 0.462. The van der Waals surface area contributed by atoms with Crippen LogP contribution in [-0.2, 0) is 6.61 Å². The van der Waals surface area contributed by atoms with Gasteiger partial charge < -0.3 is 15.6 Å². The number of aliphatic hydroxyl groups excluding tert-OH is 1. The average Bonchev–Trinajstić information content (AvgIpc) is 3.21. The second-order valence-corrected chi connectivity index (χ2v) is 4.48. The van der Waals surface area contributed by atoms with Crippen molar-refractivity contribution in [3.05, 3.63) is 29.8 Å². The smallest absolute Gasteiger partial charge is 0.141 e. The van der Waals surface area contributed by atoms with Gasteiger partial charge in [-0.25, -0.2) is 0 Å². The second kappa shape index (κ2) is 4.74. The Labute approximate surface area is 101 Å². The van der Waals surface area contributed by atoms with Gasteiger partial charge in [0.1, 0.15) is 17.9 Å². The Morgan fingerprint density at radius 1 is 1.47 bits per heavy atom. The van der Waals surface area contributed by atoms with E-state index in [9.17, 15) is 0 Å². The van der Waals surface area contributed by atoms with E-state index < -0.39 is 5.54 Å². The SMILES string of the molecule is N#CC(N)(COc1ccccc1CO)C1CC1. The van der Waals surface area contributed by atoms with Gasteiger partial charge in [0.15, 0.2) is 0 Å². The van der Waals surface area contributed by atoms with Crippen LogP contribution in [0.2, 0.25) is 0 Å². The van der Waals surface area contributed by atoms with Crippen LogP contribution in [0.1, 0.15) is 18.4 Å². The van der Waals surface area contributed by atoms with Crippen LogP contribution >= 0.6 is 0 Å². The highest BCUT2D eigenvalue weighted by molar-refractivity contribution is 5.33. The van der Waals surface area contributed by atoms with Gasteiger partial charge in [-0.2, -0.15) is 5.26 Å². The molecule has 4 nitrogen and oxygen atoms in total. The number of nitriles is 1. The molecule has 2 rings (SSSR count). The molecule has 1 aromatic carbocycles. The highest BCUT2D eigenvalue weighted by Crippen LogP contribution is 2.38. The minimum atomic E-state index is -0.900. The first-order chi connectivity index (χ1) is 8.19. The van der Waals surface area contributed by atoms with Crippen molar-refractivity contribution in [1.29, 1.82) is 5.26 Å². The fourth-order valence-corrected chi connectivity index (χ4v) is 1.81. The lowest BCUT2D eigenvalue weighted by Crippen LogP contribution is -2.46. The first-order valence-corrected chi connectivity index (χ1v) is 5.71. The molecule has 0 spiro atoms. The molecular formula is C13H16N2O2. The van der Waals surface area contributed by atoms with Crippen molar-refractivity contribution in [2.24, 2.45) is 11.7 Å². The van der Waals surface area contributed by atoms with Crippen molar-refractivity contribution in [3.63, 3.8) is 0 Å². The van der Waals surface area contributed by atoms with Gasteiger partial charge in [-0.1, -0.05) is 18.2 Å². The zero-order valence-electron chi connectivity index (χ0n) is 9.60. The molecule has 0 amide bonds. The highest BCUT2D eigenvalue weighted by Gasteiger charge is 2.43. The van der Waals surface area contributed by atoms with Crippen LogP contribution in [0.15, 0.2) is 24.3 Å². The van der Waals surface area contributed by atoms with Crippen molar-refractivity contribution >= 4 is 0 Å². The number of hydrogen-bond donors (Lipinski definition) is 2. The number of aliphatic hydroxyl groups is 1. The van der Waals surface area contributed by atoms with Crippen LogP contribution in [0.4, 0.5) is 0 Å². The summed E-state index contributed by atoms with van der Waals surface area (Å²) in [6.45, 7) is 0.0922. The fourth-order valence-electron chi connectivity index (χ4n) is 1.81. The quantitative estimate of drug-likeness (QED) is 0.799. The molecule has 0 heterocycles. The molecule has 1 aliphatic rings. The molecule has 1 aliphatic carbocycles. The van der Waals surface area contributed by atoms with Crippen molar-refractivity contribution in [2.45, 2.75) is 25.0 Å². The van der Waals surface area contributed by atoms with Crippen LogP contribution < -0.4 is 10.5 Å². The summed E-state index contributed by atoms with van der Waals surface area (Å²) in [6.07, 6.45) is 1.99. The van der Waals surface area contributed by atoms with E-state index in [1.165, 1.54) is 0 Å². The maximum absolute atomic E-state index is 9.15. The number of ether oxygens (including phenoxy) is 1. The molecule has 0 saturated heterocycles. The Kier molecular flexibility index (Phi) is 3.32. The Morgan fingerprint density at radius 3 is 2.76 bits per heavy atom. The lowest BCUT2D eigenvalue weighted by molar-refractivity contribution is 0.224. The minimum absolute atomic E-state index is 0.0796. The Balaban J connectivity index is 2.04. The number of para-hydroxylation sites is 1. The number of rotatable bonds is 5. The predicted molar refractivity (Wildman–Crippen MR) is 63.1 cm³/mol. The summed E-state index contributed by atoms with van der Waals surface area (Å²) < 4.78 is 5.58. The molecule has 4 heteroatoms.